The molecule has 3 rings (SSSR count). The lowest BCUT2D eigenvalue weighted by atomic mass is 9.84. The molecule has 3 fully saturated rings. The molecule has 2 N–H and O–H groups in total. The summed E-state index contributed by atoms with van der Waals surface area (Å²) in [6.07, 6.45) is 12.0. The van der Waals surface area contributed by atoms with Crippen LogP contribution in [0.5, 0.6) is 0 Å². The maximum Gasteiger partial charge on any atom is 0.0616 e. The van der Waals surface area contributed by atoms with E-state index in [1.165, 1.54) is 70.9 Å². The monoisotopic (exact) mass is 280 g/mol. The highest BCUT2D eigenvalue weighted by Crippen LogP contribution is 2.40. The quantitative estimate of drug-likeness (QED) is 0.716. The molecule has 2 atom stereocenters. The number of nitrogens with zero attached hydrogens (tertiary/aromatic N) is 1. The van der Waals surface area contributed by atoms with Gasteiger partial charge in [-0.3, -0.25) is 0 Å². The van der Waals surface area contributed by atoms with Crippen LogP contribution in [0.1, 0.15) is 57.8 Å². The second kappa shape index (κ2) is 6.33. The zero-order chi connectivity index (χ0) is 14.0. The summed E-state index contributed by atoms with van der Waals surface area (Å²) in [4.78, 5) is 2.53. The zero-order valence-electron chi connectivity index (χ0n) is 13.1. The maximum absolute atomic E-state index is 9.95. The third-order valence-electron chi connectivity index (χ3n) is 5.96. The number of aliphatic hydroxyl groups is 1. The van der Waals surface area contributed by atoms with E-state index < -0.39 is 0 Å². The molecule has 20 heavy (non-hydrogen) atoms. The molecule has 0 spiro atoms. The molecule has 3 aliphatic rings. The summed E-state index contributed by atoms with van der Waals surface area (Å²) in [5, 5.41) is 13.7. The van der Waals surface area contributed by atoms with Gasteiger partial charge in [-0.1, -0.05) is 12.8 Å². The Bertz CT molecular complexity index is 314. The predicted molar refractivity (Wildman–Crippen MR) is 82.8 cm³/mol. The molecule has 3 aliphatic carbocycles. The molecule has 0 aromatic rings. The van der Waals surface area contributed by atoms with E-state index in [0.29, 0.717) is 18.6 Å². The van der Waals surface area contributed by atoms with Crippen LogP contribution in [0.15, 0.2) is 0 Å². The standard InChI is InChI=1S/C17H32N2O/c1-19(12-14-4-2-5-14)11-9-15-6-3-10-17(15,13-20)18-16-7-8-16/h14-16,18,20H,2-13H2,1H3. The second-order valence-corrected chi connectivity index (χ2v) is 7.67. The van der Waals surface area contributed by atoms with Crippen molar-refractivity contribution in [2.75, 3.05) is 26.7 Å². The van der Waals surface area contributed by atoms with Gasteiger partial charge in [0.15, 0.2) is 0 Å². The smallest absolute Gasteiger partial charge is 0.0616 e. The average Bonchev–Trinajstić information content (AvgIpc) is 3.11. The fraction of sp³-hybridized carbons (Fsp3) is 1.00. The minimum atomic E-state index is 0.0540. The van der Waals surface area contributed by atoms with Gasteiger partial charge in [-0.05, 0) is 70.4 Å². The molecule has 0 bridgehead atoms. The van der Waals surface area contributed by atoms with Crippen molar-refractivity contribution in [3.05, 3.63) is 0 Å². The lowest BCUT2D eigenvalue weighted by Gasteiger charge is -2.37. The highest BCUT2D eigenvalue weighted by molar-refractivity contribution is 5.03. The normalized spacial score (nSPS) is 34.6. The van der Waals surface area contributed by atoms with Crippen LogP contribution in [0.25, 0.3) is 0 Å². The van der Waals surface area contributed by atoms with E-state index in [9.17, 15) is 5.11 Å². The number of hydrogen-bond donors (Lipinski definition) is 2. The zero-order valence-corrected chi connectivity index (χ0v) is 13.1. The Balaban J connectivity index is 1.46. The van der Waals surface area contributed by atoms with Crippen molar-refractivity contribution in [1.82, 2.24) is 10.2 Å². The van der Waals surface area contributed by atoms with E-state index in [1.54, 1.807) is 0 Å². The average molecular weight is 280 g/mol. The first kappa shape index (κ1) is 14.8. The lowest BCUT2D eigenvalue weighted by Crippen LogP contribution is -2.53. The Labute approximate surface area is 124 Å². The third kappa shape index (κ3) is 3.37. The summed E-state index contributed by atoms with van der Waals surface area (Å²) in [5.74, 6) is 1.65. The predicted octanol–water partition coefficient (Wildman–Crippen LogP) is 2.39. The number of rotatable bonds is 8. The van der Waals surface area contributed by atoms with Crippen LogP contribution in [0, 0.1) is 11.8 Å². The number of hydrogen-bond acceptors (Lipinski definition) is 3. The molecule has 0 aromatic carbocycles. The topological polar surface area (TPSA) is 35.5 Å². The maximum atomic E-state index is 9.95. The number of aliphatic hydroxyl groups excluding tert-OH is 1. The van der Waals surface area contributed by atoms with Gasteiger partial charge in [0.05, 0.1) is 6.61 Å². The molecule has 3 saturated carbocycles. The van der Waals surface area contributed by atoms with Crippen LogP contribution in [0.2, 0.25) is 0 Å². The summed E-state index contributed by atoms with van der Waals surface area (Å²) in [6, 6.07) is 0.704. The van der Waals surface area contributed by atoms with Crippen molar-refractivity contribution in [2.24, 2.45) is 11.8 Å². The first-order valence-corrected chi connectivity index (χ1v) is 8.79. The molecule has 0 saturated heterocycles. The third-order valence-corrected chi connectivity index (χ3v) is 5.96. The highest BCUT2D eigenvalue weighted by Gasteiger charge is 2.44. The molecular formula is C17H32N2O. The van der Waals surface area contributed by atoms with Gasteiger partial charge >= 0.3 is 0 Å². The van der Waals surface area contributed by atoms with Crippen molar-refractivity contribution in [3.63, 3.8) is 0 Å². The van der Waals surface area contributed by atoms with Crippen molar-refractivity contribution < 1.29 is 5.11 Å². The highest BCUT2D eigenvalue weighted by atomic mass is 16.3. The molecule has 0 aromatic heterocycles. The molecule has 2 unspecified atom stereocenters. The fourth-order valence-corrected chi connectivity index (χ4v) is 4.23. The van der Waals surface area contributed by atoms with E-state index in [0.717, 1.165) is 5.92 Å². The van der Waals surface area contributed by atoms with Gasteiger partial charge in [-0.2, -0.15) is 0 Å². The van der Waals surface area contributed by atoms with E-state index in [1.807, 2.05) is 0 Å². The Morgan fingerprint density at radius 3 is 2.55 bits per heavy atom. The molecule has 0 aliphatic heterocycles. The summed E-state index contributed by atoms with van der Waals surface area (Å²) < 4.78 is 0. The Hall–Kier alpha value is -0.120. The van der Waals surface area contributed by atoms with Gasteiger partial charge in [0.25, 0.3) is 0 Å². The SMILES string of the molecule is CN(CCC1CCCC1(CO)NC1CC1)CC1CCC1. The summed E-state index contributed by atoms with van der Waals surface area (Å²) >= 11 is 0. The van der Waals surface area contributed by atoms with Gasteiger partial charge in [0, 0.05) is 18.1 Å². The molecule has 3 nitrogen and oxygen atoms in total. The van der Waals surface area contributed by atoms with Crippen molar-refractivity contribution >= 4 is 0 Å². The fourth-order valence-electron chi connectivity index (χ4n) is 4.23. The van der Waals surface area contributed by atoms with Crippen molar-refractivity contribution in [1.29, 1.82) is 0 Å². The van der Waals surface area contributed by atoms with Crippen LogP contribution < -0.4 is 5.32 Å². The van der Waals surface area contributed by atoms with Gasteiger partial charge in [0.2, 0.25) is 0 Å². The van der Waals surface area contributed by atoms with Crippen LogP contribution >= 0.6 is 0 Å². The molecule has 116 valence electrons. The lowest BCUT2D eigenvalue weighted by molar-refractivity contribution is 0.107. The van der Waals surface area contributed by atoms with Crippen LogP contribution in [0.4, 0.5) is 0 Å². The summed E-state index contributed by atoms with van der Waals surface area (Å²) in [5.41, 5.74) is 0.0540. The van der Waals surface area contributed by atoms with Crippen LogP contribution in [-0.4, -0.2) is 48.3 Å². The molecular weight excluding hydrogens is 248 g/mol. The number of nitrogens with one attached hydrogen (secondary N) is 1. The molecule has 0 amide bonds. The van der Waals surface area contributed by atoms with Crippen molar-refractivity contribution in [2.45, 2.75) is 69.4 Å². The van der Waals surface area contributed by atoms with Gasteiger partial charge in [-0.25, -0.2) is 0 Å². The molecule has 0 radical (unpaired) electrons. The van der Waals surface area contributed by atoms with Gasteiger partial charge in [0.1, 0.15) is 0 Å². The van der Waals surface area contributed by atoms with Crippen LogP contribution in [-0.2, 0) is 0 Å². The largest absolute Gasteiger partial charge is 0.394 e. The minimum absolute atomic E-state index is 0.0540. The minimum Gasteiger partial charge on any atom is -0.394 e. The van der Waals surface area contributed by atoms with E-state index in [-0.39, 0.29) is 5.54 Å². The molecule has 3 heteroatoms. The first-order valence-electron chi connectivity index (χ1n) is 8.79. The summed E-state index contributed by atoms with van der Waals surface area (Å²) in [7, 11) is 2.28. The second-order valence-electron chi connectivity index (χ2n) is 7.67. The van der Waals surface area contributed by atoms with Crippen LogP contribution in [0.3, 0.4) is 0 Å². The Morgan fingerprint density at radius 2 is 1.95 bits per heavy atom. The molecule has 0 heterocycles. The van der Waals surface area contributed by atoms with Gasteiger partial charge in [-0.15, -0.1) is 0 Å². The Morgan fingerprint density at radius 1 is 1.15 bits per heavy atom. The van der Waals surface area contributed by atoms with Crippen molar-refractivity contribution in [3.8, 4) is 0 Å². The van der Waals surface area contributed by atoms with E-state index >= 15 is 0 Å². The van der Waals surface area contributed by atoms with E-state index in [4.69, 9.17) is 0 Å². The Kier molecular flexibility index (Phi) is 4.68. The summed E-state index contributed by atoms with van der Waals surface area (Å²) in [6.45, 7) is 2.82. The van der Waals surface area contributed by atoms with E-state index in [2.05, 4.69) is 17.3 Å². The van der Waals surface area contributed by atoms with Gasteiger partial charge < -0.3 is 15.3 Å². The first-order chi connectivity index (χ1) is 9.72.